The third-order valence-corrected chi connectivity index (χ3v) is 3.37. The molecule has 0 aromatic heterocycles. The van der Waals surface area contributed by atoms with E-state index in [1.807, 2.05) is 18.2 Å². The molecule has 1 atom stereocenters. The molecule has 1 aliphatic heterocycles. The van der Waals surface area contributed by atoms with Gasteiger partial charge >= 0.3 is 0 Å². The van der Waals surface area contributed by atoms with Crippen molar-refractivity contribution in [2.24, 2.45) is 5.92 Å². The first-order chi connectivity index (χ1) is 9.68. The van der Waals surface area contributed by atoms with Crippen LogP contribution in [-0.4, -0.2) is 32.2 Å². The Morgan fingerprint density at radius 3 is 3.05 bits per heavy atom. The number of ether oxygens (including phenoxy) is 1. The molecule has 0 spiro atoms. The van der Waals surface area contributed by atoms with Crippen molar-refractivity contribution in [2.75, 3.05) is 26.3 Å². The molecule has 0 fully saturated rings. The topological polar surface area (TPSA) is 50.4 Å². The summed E-state index contributed by atoms with van der Waals surface area (Å²) in [6, 6.07) is 7.91. The van der Waals surface area contributed by atoms with E-state index < -0.39 is 0 Å². The summed E-state index contributed by atoms with van der Waals surface area (Å²) in [5, 5.41) is 6.22. The zero-order chi connectivity index (χ0) is 14.4. The van der Waals surface area contributed by atoms with Crippen LogP contribution >= 0.6 is 0 Å². The summed E-state index contributed by atoms with van der Waals surface area (Å²) in [7, 11) is 0. The third kappa shape index (κ3) is 4.05. The normalized spacial score (nSPS) is 17.9. The third-order valence-electron chi connectivity index (χ3n) is 3.37. The van der Waals surface area contributed by atoms with Crippen LogP contribution in [-0.2, 0) is 16.0 Å². The highest BCUT2D eigenvalue weighted by Gasteiger charge is 2.25. The average molecular weight is 276 g/mol. The highest BCUT2D eigenvalue weighted by atomic mass is 16.5. The first-order valence-electron chi connectivity index (χ1n) is 7.35. The second kappa shape index (κ2) is 7.41. The average Bonchev–Trinajstić information content (AvgIpc) is 2.45. The second-order valence-electron chi connectivity index (χ2n) is 5.60. The fourth-order valence-corrected chi connectivity index (χ4v) is 2.41. The van der Waals surface area contributed by atoms with Crippen LogP contribution in [0.4, 0.5) is 0 Å². The summed E-state index contributed by atoms with van der Waals surface area (Å²) in [6.07, 6.45) is 0.984. The van der Waals surface area contributed by atoms with Crippen LogP contribution in [0.3, 0.4) is 0 Å². The number of carbonyl (C=O) groups excluding carboxylic acids is 1. The van der Waals surface area contributed by atoms with Crippen LogP contribution in [0.1, 0.15) is 31.0 Å². The zero-order valence-electron chi connectivity index (χ0n) is 12.3. The maximum absolute atomic E-state index is 12.2. The lowest BCUT2D eigenvalue weighted by atomic mass is 9.94. The molecule has 1 aliphatic rings. The van der Waals surface area contributed by atoms with Gasteiger partial charge in [-0.15, -0.1) is 0 Å². The van der Waals surface area contributed by atoms with E-state index >= 15 is 0 Å². The molecule has 0 saturated heterocycles. The number of nitrogens with one attached hydrogen (secondary N) is 2. The lowest BCUT2D eigenvalue weighted by molar-refractivity contribution is -0.123. The number of hydrogen-bond acceptors (Lipinski definition) is 3. The molecule has 20 heavy (non-hydrogen) atoms. The molecule has 1 heterocycles. The minimum absolute atomic E-state index is 0.0327. The van der Waals surface area contributed by atoms with E-state index in [0.717, 1.165) is 25.1 Å². The SMILES string of the molecule is CC(C)COCCNC(=O)C1NCCc2ccccc21. The van der Waals surface area contributed by atoms with Gasteiger partial charge in [0, 0.05) is 19.7 Å². The molecule has 2 rings (SSSR count). The minimum Gasteiger partial charge on any atom is -0.379 e. The standard InChI is InChI=1S/C16H24N2O2/c1-12(2)11-20-10-9-18-16(19)15-14-6-4-3-5-13(14)7-8-17-15/h3-6,12,15,17H,7-11H2,1-2H3,(H,18,19). The molecule has 110 valence electrons. The van der Waals surface area contributed by atoms with Gasteiger partial charge in [0.15, 0.2) is 0 Å². The van der Waals surface area contributed by atoms with E-state index in [4.69, 9.17) is 4.74 Å². The van der Waals surface area contributed by atoms with Gasteiger partial charge in [-0.1, -0.05) is 38.1 Å². The fourth-order valence-electron chi connectivity index (χ4n) is 2.41. The van der Waals surface area contributed by atoms with Gasteiger partial charge in [-0.05, 0) is 23.5 Å². The number of benzene rings is 1. The Morgan fingerprint density at radius 2 is 2.25 bits per heavy atom. The summed E-state index contributed by atoms with van der Waals surface area (Å²) in [6.45, 7) is 6.94. The lowest BCUT2D eigenvalue weighted by Gasteiger charge is -2.26. The summed E-state index contributed by atoms with van der Waals surface area (Å²) >= 11 is 0. The fraction of sp³-hybridized carbons (Fsp3) is 0.562. The predicted octanol–water partition coefficient (Wildman–Crippen LogP) is 1.66. The monoisotopic (exact) mass is 276 g/mol. The van der Waals surface area contributed by atoms with Crippen LogP contribution in [0.15, 0.2) is 24.3 Å². The second-order valence-corrected chi connectivity index (χ2v) is 5.60. The summed E-state index contributed by atoms with van der Waals surface area (Å²) < 4.78 is 5.47. The van der Waals surface area contributed by atoms with E-state index in [2.05, 4.69) is 30.5 Å². The quantitative estimate of drug-likeness (QED) is 0.777. The van der Waals surface area contributed by atoms with Crippen molar-refractivity contribution in [2.45, 2.75) is 26.3 Å². The van der Waals surface area contributed by atoms with Crippen molar-refractivity contribution >= 4 is 5.91 Å². The molecule has 0 radical (unpaired) electrons. The maximum atomic E-state index is 12.2. The Balaban J connectivity index is 1.82. The van der Waals surface area contributed by atoms with Gasteiger partial charge in [-0.25, -0.2) is 0 Å². The number of rotatable bonds is 6. The Kier molecular flexibility index (Phi) is 5.56. The molecule has 0 aliphatic carbocycles. The number of hydrogen-bond donors (Lipinski definition) is 2. The van der Waals surface area contributed by atoms with Crippen LogP contribution in [0.25, 0.3) is 0 Å². The Hall–Kier alpha value is -1.39. The van der Waals surface area contributed by atoms with Crippen molar-refractivity contribution in [3.63, 3.8) is 0 Å². The van der Waals surface area contributed by atoms with Crippen LogP contribution in [0.5, 0.6) is 0 Å². The Morgan fingerprint density at radius 1 is 1.45 bits per heavy atom. The predicted molar refractivity (Wildman–Crippen MR) is 79.6 cm³/mol. The molecule has 4 nitrogen and oxygen atoms in total. The van der Waals surface area contributed by atoms with Gasteiger partial charge in [0.05, 0.1) is 6.61 Å². The highest BCUT2D eigenvalue weighted by molar-refractivity contribution is 5.83. The van der Waals surface area contributed by atoms with Gasteiger partial charge in [0.25, 0.3) is 0 Å². The van der Waals surface area contributed by atoms with E-state index in [9.17, 15) is 4.79 Å². The maximum Gasteiger partial charge on any atom is 0.241 e. The molecule has 2 N–H and O–H groups in total. The summed E-state index contributed by atoms with van der Waals surface area (Å²) in [5.41, 5.74) is 2.36. The van der Waals surface area contributed by atoms with Gasteiger partial charge in [0.2, 0.25) is 5.91 Å². The zero-order valence-corrected chi connectivity index (χ0v) is 12.3. The number of carbonyl (C=O) groups is 1. The van der Waals surface area contributed by atoms with Crippen LogP contribution < -0.4 is 10.6 Å². The summed E-state index contributed by atoms with van der Waals surface area (Å²) in [4.78, 5) is 12.2. The molecular formula is C16H24N2O2. The molecular weight excluding hydrogens is 252 g/mol. The van der Waals surface area contributed by atoms with Crippen molar-refractivity contribution in [3.8, 4) is 0 Å². The largest absolute Gasteiger partial charge is 0.379 e. The number of fused-ring (bicyclic) bond motifs is 1. The van der Waals surface area contributed by atoms with Gasteiger partial charge in [-0.2, -0.15) is 0 Å². The van der Waals surface area contributed by atoms with Crippen LogP contribution in [0.2, 0.25) is 0 Å². The van der Waals surface area contributed by atoms with Crippen LogP contribution in [0, 0.1) is 5.92 Å². The first kappa shape index (κ1) is 15.0. The smallest absolute Gasteiger partial charge is 0.241 e. The number of amides is 1. The van der Waals surface area contributed by atoms with E-state index in [0.29, 0.717) is 19.1 Å². The summed E-state index contributed by atoms with van der Waals surface area (Å²) in [5.74, 6) is 0.558. The molecule has 4 heteroatoms. The minimum atomic E-state index is -0.231. The molecule has 1 aromatic carbocycles. The molecule has 0 saturated carbocycles. The Labute approximate surface area is 120 Å². The molecule has 1 amide bonds. The first-order valence-corrected chi connectivity index (χ1v) is 7.35. The van der Waals surface area contributed by atoms with Crippen molar-refractivity contribution < 1.29 is 9.53 Å². The van der Waals surface area contributed by atoms with Crippen molar-refractivity contribution in [1.82, 2.24) is 10.6 Å². The highest BCUT2D eigenvalue weighted by Crippen LogP contribution is 2.22. The van der Waals surface area contributed by atoms with Crippen molar-refractivity contribution in [3.05, 3.63) is 35.4 Å². The molecule has 1 aromatic rings. The lowest BCUT2D eigenvalue weighted by Crippen LogP contribution is -2.42. The van der Waals surface area contributed by atoms with Crippen molar-refractivity contribution in [1.29, 1.82) is 0 Å². The Bertz CT molecular complexity index is 446. The van der Waals surface area contributed by atoms with E-state index in [1.165, 1.54) is 5.56 Å². The molecule has 0 bridgehead atoms. The van der Waals surface area contributed by atoms with E-state index in [-0.39, 0.29) is 11.9 Å². The van der Waals surface area contributed by atoms with Gasteiger partial charge in [0.1, 0.15) is 6.04 Å². The molecule has 1 unspecified atom stereocenters. The van der Waals surface area contributed by atoms with Gasteiger partial charge < -0.3 is 15.4 Å². The van der Waals surface area contributed by atoms with E-state index in [1.54, 1.807) is 0 Å². The van der Waals surface area contributed by atoms with Gasteiger partial charge in [-0.3, -0.25) is 4.79 Å².